The Bertz CT molecular complexity index is 1160. The lowest BCUT2D eigenvalue weighted by Gasteiger charge is -2.29. The molecule has 4 rings (SSSR count). The smallest absolute Gasteiger partial charge is 0.327 e. The maximum atomic E-state index is 13.4. The third-order valence-corrected chi connectivity index (χ3v) is 7.48. The topological polar surface area (TPSA) is 126 Å². The van der Waals surface area contributed by atoms with Crippen molar-refractivity contribution in [3.63, 3.8) is 0 Å². The highest BCUT2D eigenvalue weighted by atomic mass is 16.5. The van der Waals surface area contributed by atoms with Crippen LogP contribution in [0.4, 0.5) is 4.79 Å². The number of hydrogen-bond acceptors (Lipinski definition) is 6. The van der Waals surface area contributed by atoms with Crippen LogP contribution >= 0.6 is 0 Å². The summed E-state index contributed by atoms with van der Waals surface area (Å²) in [5.74, 6) is -1.09. The fourth-order valence-electron chi connectivity index (χ4n) is 4.97. The lowest BCUT2D eigenvalue weighted by molar-refractivity contribution is -0.159. The van der Waals surface area contributed by atoms with Crippen molar-refractivity contribution in [2.75, 3.05) is 26.8 Å². The first-order valence-corrected chi connectivity index (χ1v) is 12.1. The van der Waals surface area contributed by atoms with E-state index in [-0.39, 0.29) is 18.5 Å². The number of nitrogen functional groups attached to an aromatic ring is 1. The number of nitrogens with one attached hydrogen (secondary N) is 1. The van der Waals surface area contributed by atoms with Crippen LogP contribution in [-0.2, 0) is 14.3 Å². The molecule has 0 spiro atoms. The monoisotopic (exact) mass is 492 g/mol. The van der Waals surface area contributed by atoms with Crippen molar-refractivity contribution < 1.29 is 23.9 Å². The van der Waals surface area contributed by atoms with Crippen LogP contribution in [0.2, 0.25) is 0 Å². The van der Waals surface area contributed by atoms with Crippen LogP contribution < -0.4 is 10.5 Å². The summed E-state index contributed by atoms with van der Waals surface area (Å²) in [7, 11) is 1.25. The third kappa shape index (κ3) is 4.41. The first-order valence-electron chi connectivity index (χ1n) is 12.1. The zero-order valence-electron chi connectivity index (χ0n) is 20.8. The third-order valence-electron chi connectivity index (χ3n) is 7.48. The number of benzene rings is 2. The minimum atomic E-state index is -1.46. The Hall–Kier alpha value is -3.88. The molecule has 2 heterocycles. The number of urea groups is 1. The molecule has 0 aliphatic carbocycles. The number of hydrogen-bond donors (Lipinski definition) is 2. The van der Waals surface area contributed by atoms with Gasteiger partial charge in [-0.1, -0.05) is 43.3 Å². The average Bonchev–Trinajstić information content (AvgIpc) is 3.50. The number of carbonyl (C=O) groups excluding carboxylic acids is 3. The number of ether oxygens (including phenoxy) is 2. The van der Waals surface area contributed by atoms with E-state index in [4.69, 9.17) is 20.6 Å². The van der Waals surface area contributed by atoms with Gasteiger partial charge in [0, 0.05) is 24.6 Å². The molecule has 2 aromatic carbocycles. The lowest BCUT2D eigenvalue weighted by Crippen LogP contribution is -2.50. The van der Waals surface area contributed by atoms with Gasteiger partial charge in [0.2, 0.25) is 5.91 Å². The summed E-state index contributed by atoms with van der Waals surface area (Å²) >= 11 is 0. The second-order valence-electron chi connectivity index (χ2n) is 9.53. The Morgan fingerprint density at radius 1 is 1.06 bits per heavy atom. The van der Waals surface area contributed by atoms with Gasteiger partial charge in [-0.05, 0) is 43.0 Å². The largest absolute Gasteiger partial charge is 0.491 e. The molecule has 0 radical (unpaired) electrons. The van der Waals surface area contributed by atoms with Crippen molar-refractivity contribution in [1.29, 1.82) is 5.41 Å². The Balaban J connectivity index is 1.52. The van der Waals surface area contributed by atoms with Crippen molar-refractivity contribution in [1.82, 2.24) is 9.80 Å². The van der Waals surface area contributed by atoms with E-state index in [1.54, 1.807) is 30.9 Å². The van der Waals surface area contributed by atoms with E-state index in [1.807, 2.05) is 36.4 Å². The first-order chi connectivity index (χ1) is 17.2. The summed E-state index contributed by atoms with van der Waals surface area (Å²) in [5.41, 5.74) is 6.65. The van der Waals surface area contributed by atoms with Crippen LogP contribution in [0.5, 0.6) is 5.75 Å². The van der Waals surface area contributed by atoms with Gasteiger partial charge in [0.1, 0.15) is 23.6 Å². The van der Waals surface area contributed by atoms with Crippen LogP contribution in [0, 0.1) is 16.7 Å². The maximum Gasteiger partial charge on any atom is 0.327 e. The number of nitrogens with two attached hydrogens (primary N) is 1. The molecule has 190 valence electrons. The average molecular weight is 493 g/mol. The highest BCUT2D eigenvalue weighted by molar-refractivity contribution is 6.10. The molecule has 2 saturated heterocycles. The van der Waals surface area contributed by atoms with E-state index in [0.717, 1.165) is 24.0 Å². The molecule has 2 aliphatic heterocycles. The molecule has 3 atom stereocenters. The number of esters is 1. The van der Waals surface area contributed by atoms with Gasteiger partial charge in [-0.15, -0.1) is 0 Å². The highest BCUT2D eigenvalue weighted by Gasteiger charge is 2.62. The zero-order valence-corrected chi connectivity index (χ0v) is 20.8. The normalized spacial score (nSPS) is 23.6. The number of carbonyl (C=O) groups is 3. The Morgan fingerprint density at radius 2 is 1.61 bits per heavy atom. The number of imide groups is 1. The van der Waals surface area contributed by atoms with Crippen LogP contribution in [0.15, 0.2) is 48.5 Å². The van der Waals surface area contributed by atoms with Crippen LogP contribution in [0.25, 0.3) is 11.1 Å². The summed E-state index contributed by atoms with van der Waals surface area (Å²) in [6, 6.07) is 13.9. The van der Waals surface area contributed by atoms with Crippen molar-refractivity contribution in [3.8, 4) is 16.9 Å². The number of methoxy groups -OCH3 is 1. The Morgan fingerprint density at radius 3 is 2.14 bits per heavy atom. The van der Waals surface area contributed by atoms with Crippen molar-refractivity contribution in [2.24, 2.45) is 17.1 Å². The molecule has 2 aliphatic rings. The molecule has 0 saturated carbocycles. The van der Waals surface area contributed by atoms with E-state index in [0.29, 0.717) is 24.4 Å². The summed E-state index contributed by atoms with van der Waals surface area (Å²) in [6.07, 6.45) is 1.78. The standard InChI is InChI=1S/C27H32N4O5/c1-17-22(31(26(34)30-14-4-5-15-30)24(32)27(17,2)25(33)35-3)16-36-21-12-10-19(11-13-21)18-6-8-20(9-7-18)23(28)29/h6-13,17,22H,4-5,14-16H2,1-3H3,(H3,28,29)/t17?,22-,27+/m1/s1. The zero-order chi connectivity index (χ0) is 26.0. The molecular weight excluding hydrogens is 460 g/mol. The van der Waals surface area contributed by atoms with Crippen molar-refractivity contribution >= 4 is 23.7 Å². The minimum Gasteiger partial charge on any atom is -0.491 e. The van der Waals surface area contributed by atoms with Gasteiger partial charge >= 0.3 is 12.0 Å². The summed E-state index contributed by atoms with van der Waals surface area (Å²) in [4.78, 5) is 42.2. The molecule has 2 fully saturated rings. The van der Waals surface area contributed by atoms with Gasteiger partial charge in [0.05, 0.1) is 13.2 Å². The number of rotatable bonds is 6. The van der Waals surface area contributed by atoms with Crippen LogP contribution in [0.3, 0.4) is 0 Å². The molecule has 0 bridgehead atoms. The van der Waals surface area contributed by atoms with Crippen LogP contribution in [-0.4, -0.2) is 66.4 Å². The van der Waals surface area contributed by atoms with Gasteiger partial charge in [-0.3, -0.25) is 19.9 Å². The molecule has 9 nitrogen and oxygen atoms in total. The lowest BCUT2D eigenvalue weighted by atomic mass is 9.78. The second kappa shape index (κ2) is 10.0. The molecule has 3 N–H and O–H groups in total. The van der Waals surface area contributed by atoms with E-state index < -0.39 is 29.3 Å². The predicted molar refractivity (Wildman–Crippen MR) is 135 cm³/mol. The Labute approximate surface area is 210 Å². The molecule has 2 aromatic rings. The van der Waals surface area contributed by atoms with Gasteiger partial charge in [-0.2, -0.15) is 0 Å². The van der Waals surface area contributed by atoms with Gasteiger partial charge in [0.15, 0.2) is 0 Å². The predicted octanol–water partition coefficient (Wildman–Crippen LogP) is 3.26. The Kier molecular flexibility index (Phi) is 7.01. The maximum absolute atomic E-state index is 13.4. The number of likely N-dealkylation sites (tertiary alicyclic amines) is 2. The molecule has 3 amide bonds. The molecule has 1 unspecified atom stereocenters. The number of amidine groups is 1. The fourth-order valence-corrected chi connectivity index (χ4v) is 4.97. The molecule has 0 aromatic heterocycles. The highest BCUT2D eigenvalue weighted by Crippen LogP contribution is 2.43. The fraction of sp³-hybridized carbons (Fsp3) is 0.407. The summed E-state index contributed by atoms with van der Waals surface area (Å²) < 4.78 is 11.0. The van der Waals surface area contributed by atoms with E-state index in [9.17, 15) is 14.4 Å². The first kappa shape index (κ1) is 25.2. The van der Waals surface area contributed by atoms with Crippen LogP contribution in [0.1, 0.15) is 32.3 Å². The molecule has 9 heteroatoms. The summed E-state index contributed by atoms with van der Waals surface area (Å²) in [6.45, 7) is 4.57. The van der Waals surface area contributed by atoms with E-state index in [2.05, 4.69) is 0 Å². The quantitative estimate of drug-likeness (QED) is 0.276. The van der Waals surface area contributed by atoms with Gasteiger partial charge < -0.3 is 20.1 Å². The van der Waals surface area contributed by atoms with Gasteiger partial charge in [-0.25, -0.2) is 4.79 Å². The van der Waals surface area contributed by atoms with Crippen molar-refractivity contribution in [2.45, 2.75) is 32.7 Å². The minimum absolute atomic E-state index is 0.0190. The van der Waals surface area contributed by atoms with Crippen molar-refractivity contribution in [3.05, 3.63) is 54.1 Å². The van der Waals surface area contributed by atoms with E-state index in [1.165, 1.54) is 12.0 Å². The number of nitrogens with zero attached hydrogens (tertiary/aromatic N) is 2. The SMILES string of the molecule is COC(=O)[C@]1(C)C(=O)N(C(=O)N2CCCC2)[C@H](COc2ccc(-c3ccc(C(=N)N)cc3)cc2)C1C. The second-order valence-corrected chi connectivity index (χ2v) is 9.53. The number of amides is 3. The van der Waals surface area contributed by atoms with Gasteiger partial charge in [0.25, 0.3) is 0 Å². The molecule has 36 heavy (non-hydrogen) atoms. The van der Waals surface area contributed by atoms with E-state index >= 15 is 0 Å². The molecular formula is C27H32N4O5. The summed E-state index contributed by atoms with van der Waals surface area (Å²) in [5, 5.41) is 7.52.